The lowest BCUT2D eigenvalue weighted by molar-refractivity contribution is 1.13. The summed E-state index contributed by atoms with van der Waals surface area (Å²) in [6.07, 6.45) is 0. The van der Waals surface area contributed by atoms with Crippen LogP contribution in [0.4, 0.5) is 5.82 Å². The highest BCUT2D eigenvalue weighted by Gasteiger charge is 2.11. The van der Waals surface area contributed by atoms with E-state index in [4.69, 9.17) is 17.3 Å². The molecule has 0 aliphatic rings. The lowest BCUT2D eigenvalue weighted by Gasteiger charge is -2.01. The maximum Gasteiger partial charge on any atom is 0.154 e. The lowest BCUT2D eigenvalue weighted by atomic mass is 10.2. The van der Waals surface area contributed by atoms with Crippen LogP contribution in [0.1, 0.15) is 5.56 Å². The molecule has 0 spiro atoms. The smallest absolute Gasteiger partial charge is 0.154 e. The average molecular weight is 261 g/mol. The summed E-state index contributed by atoms with van der Waals surface area (Å²) in [5.41, 5.74) is 7.55. The van der Waals surface area contributed by atoms with Gasteiger partial charge in [-0.05, 0) is 34.5 Å². The number of hydrogen-bond acceptors (Lipinski definition) is 2. The number of H-pyrrole nitrogens is 1. The molecule has 0 saturated heterocycles. The topological polar surface area (TPSA) is 54.7 Å². The number of nitrogens with one attached hydrogen (secondary N) is 1. The minimum atomic E-state index is 0.462. The van der Waals surface area contributed by atoms with Crippen molar-refractivity contribution in [3.8, 4) is 0 Å². The van der Waals surface area contributed by atoms with Crippen molar-refractivity contribution in [3.63, 3.8) is 0 Å². The predicted octanol–water partition coefficient (Wildman–Crippen LogP) is 2.87. The van der Waals surface area contributed by atoms with E-state index in [1.54, 1.807) is 0 Å². The first-order valence-electron chi connectivity index (χ1n) is 3.69. The van der Waals surface area contributed by atoms with Crippen LogP contribution >= 0.6 is 27.5 Å². The zero-order chi connectivity index (χ0) is 9.59. The van der Waals surface area contributed by atoms with E-state index in [9.17, 15) is 0 Å². The predicted molar refractivity (Wildman–Crippen MR) is 58.0 cm³/mol. The number of hydrogen-bond donors (Lipinski definition) is 2. The Bertz CT molecular complexity index is 478. The summed E-state index contributed by atoms with van der Waals surface area (Å²) in [6.45, 7) is 1.93. The maximum atomic E-state index is 6.04. The Hall–Kier alpha value is -0.740. The number of aryl methyl sites for hydroxylation is 1. The fraction of sp³-hybridized carbons (Fsp3) is 0.125. The number of aromatic nitrogens is 2. The van der Waals surface area contributed by atoms with E-state index in [1.165, 1.54) is 0 Å². The van der Waals surface area contributed by atoms with Gasteiger partial charge >= 0.3 is 0 Å². The summed E-state index contributed by atoms with van der Waals surface area (Å²) in [5.74, 6) is 0.462. The van der Waals surface area contributed by atoms with Crippen LogP contribution in [0.3, 0.4) is 0 Å². The molecule has 1 aromatic heterocycles. The van der Waals surface area contributed by atoms with E-state index in [0.717, 1.165) is 20.9 Å². The Labute approximate surface area is 88.4 Å². The Morgan fingerprint density at radius 2 is 2.31 bits per heavy atom. The van der Waals surface area contributed by atoms with Gasteiger partial charge < -0.3 is 5.73 Å². The third-order valence-corrected chi connectivity index (χ3v) is 3.45. The molecule has 3 N–H and O–H groups in total. The first-order chi connectivity index (χ1) is 6.11. The van der Waals surface area contributed by atoms with Crippen LogP contribution in [-0.4, -0.2) is 10.2 Å². The molecular formula is C8H7BrClN3. The van der Waals surface area contributed by atoms with Crippen LogP contribution in [0.5, 0.6) is 0 Å². The second-order valence-corrected chi connectivity index (χ2v) is 4.02. The van der Waals surface area contributed by atoms with E-state index < -0.39 is 0 Å². The highest BCUT2D eigenvalue weighted by Crippen LogP contribution is 2.35. The number of nitrogens with two attached hydrogens (primary N) is 1. The molecule has 2 aromatic rings. The highest BCUT2D eigenvalue weighted by atomic mass is 79.9. The minimum absolute atomic E-state index is 0.462. The summed E-state index contributed by atoms with van der Waals surface area (Å²) in [4.78, 5) is 0. The fourth-order valence-electron chi connectivity index (χ4n) is 1.27. The molecule has 3 nitrogen and oxygen atoms in total. The molecular weight excluding hydrogens is 253 g/mol. The second kappa shape index (κ2) is 2.89. The third kappa shape index (κ3) is 1.21. The Kier molecular flexibility index (Phi) is 1.96. The first-order valence-corrected chi connectivity index (χ1v) is 4.86. The van der Waals surface area contributed by atoms with Gasteiger partial charge in [-0.25, -0.2) is 0 Å². The molecule has 1 aromatic carbocycles. The second-order valence-electron chi connectivity index (χ2n) is 2.85. The van der Waals surface area contributed by atoms with Crippen LogP contribution in [0.2, 0.25) is 5.02 Å². The SMILES string of the molecule is Cc1cc2[nH]nc(N)c2c(Br)c1Cl. The summed E-state index contributed by atoms with van der Waals surface area (Å²) in [5, 5.41) is 8.26. The van der Waals surface area contributed by atoms with E-state index in [0.29, 0.717) is 10.8 Å². The number of aromatic amines is 1. The fourth-order valence-corrected chi connectivity index (χ4v) is 2.15. The van der Waals surface area contributed by atoms with Crippen LogP contribution in [0.15, 0.2) is 10.5 Å². The number of benzene rings is 1. The quantitative estimate of drug-likeness (QED) is 0.765. The summed E-state index contributed by atoms with van der Waals surface area (Å²) < 4.78 is 0.801. The van der Waals surface area contributed by atoms with Gasteiger partial charge in [-0.2, -0.15) is 5.10 Å². The number of rotatable bonds is 0. The largest absolute Gasteiger partial charge is 0.382 e. The molecule has 5 heteroatoms. The van der Waals surface area contributed by atoms with Crippen molar-refractivity contribution in [3.05, 3.63) is 21.1 Å². The van der Waals surface area contributed by atoms with Crippen molar-refractivity contribution in [2.24, 2.45) is 0 Å². The van der Waals surface area contributed by atoms with Gasteiger partial charge in [0.25, 0.3) is 0 Å². The maximum absolute atomic E-state index is 6.04. The molecule has 0 radical (unpaired) electrons. The normalized spacial score (nSPS) is 11.0. The van der Waals surface area contributed by atoms with Crippen LogP contribution in [0, 0.1) is 6.92 Å². The number of fused-ring (bicyclic) bond motifs is 1. The Balaban J connectivity index is 2.97. The standard InChI is InChI=1S/C8H7BrClN3/c1-3-2-4-5(6(9)7(3)10)8(11)13-12-4/h2H,1H3,(H3,11,12,13). The van der Waals surface area contributed by atoms with Gasteiger partial charge in [0.05, 0.1) is 15.9 Å². The van der Waals surface area contributed by atoms with Crippen molar-refractivity contribution in [2.45, 2.75) is 6.92 Å². The number of nitrogen functional groups attached to an aromatic ring is 1. The van der Waals surface area contributed by atoms with Gasteiger partial charge in [0.15, 0.2) is 5.82 Å². The van der Waals surface area contributed by atoms with Gasteiger partial charge in [-0.3, -0.25) is 5.10 Å². The van der Waals surface area contributed by atoms with Gasteiger partial charge in [0.2, 0.25) is 0 Å². The van der Waals surface area contributed by atoms with Gasteiger partial charge in [-0.15, -0.1) is 0 Å². The van der Waals surface area contributed by atoms with Crippen LogP contribution in [-0.2, 0) is 0 Å². The molecule has 0 aliphatic heterocycles. The lowest BCUT2D eigenvalue weighted by Crippen LogP contribution is -1.85. The molecule has 0 atom stereocenters. The van der Waals surface area contributed by atoms with Gasteiger partial charge in [0, 0.05) is 4.47 Å². The van der Waals surface area contributed by atoms with Crippen molar-refractivity contribution in [1.82, 2.24) is 10.2 Å². The average Bonchev–Trinajstić information content (AvgIpc) is 2.43. The van der Waals surface area contributed by atoms with E-state index >= 15 is 0 Å². The molecule has 0 fully saturated rings. The third-order valence-electron chi connectivity index (χ3n) is 1.94. The minimum Gasteiger partial charge on any atom is -0.382 e. The van der Waals surface area contributed by atoms with Crippen molar-refractivity contribution < 1.29 is 0 Å². The molecule has 1 heterocycles. The zero-order valence-corrected chi connectivity index (χ0v) is 9.20. The number of nitrogens with zero attached hydrogens (tertiary/aromatic N) is 1. The molecule has 0 unspecified atom stereocenters. The molecule has 0 saturated carbocycles. The van der Waals surface area contributed by atoms with E-state index in [1.807, 2.05) is 13.0 Å². The first kappa shape index (κ1) is 8.84. The molecule has 13 heavy (non-hydrogen) atoms. The Morgan fingerprint density at radius 1 is 1.62 bits per heavy atom. The summed E-state index contributed by atoms with van der Waals surface area (Å²) in [7, 11) is 0. The van der Waals surface area contributed by atoms with E-state index in [-0.39, 0.29) is 0 Å². The number of halogens is 2. The number of anilines is 1. The van der Waals surface area contributed by atoms with Gasteiger partial charge in [0.1, 0.15) is 0 Å². The molecule has 68 valence electrons. The summed E-state index contributed by atoms with van der Waals surface area (Å²) >= 11 is 9.43. The zero-order valence-electron chi connectivity index (χ0n) is 6.86. The molecule has 0 aliphatic carbocycles. The Morgan fingerprint density at radius 3 is 3.00 bits per heavy atom. The summed E-state index contributed by atoms with van der Waals surface area (Å²) in [6, 6.07) is 1.92. The van der Waals surface area contributed by atoms with E-state index in [2.05, 4.69) is 26.1 Å². The van der Waals surface area contributed by atoms with Crippen molar-refractivity contribution in [1.29, 1.82) is 0 Å². The van der Waals surface area contributed by atoms with Crippen LogP contribution in [0.25, 0.3) is 10.9 Å². The molecule has 0 amide bonds. The highest BCUT2D eigenvalue weighted by molar-refractivity contribution is 9.10. The molecule has 2 rings (SSSR count). The molecule has 0 bridgehead atoms. The monoisotopic (exact) mass is 259 g/mol. The van der Waals surface area contributed by atoms with Crippen molar-refractivity contribution >= 4 is 44.3 Å². The van der Waals surface area contributed by atoms with Crippen LogP contribution < -0.4 is 5.73 Å². The van der Waals surface area contributed by atoms with Crippen molar-refractivity contribution in [2.75, 3.05) is 5.73 Å². The van der Waals surface area contributed by atoms with Gasteiger partial charge in [-0.1, -0.05) is 11.6 Å².